The summed E-state index contributed by atoms with van der Waals surface area (Å²) in [6, 6.07) is 0. The van der Waals surface area contributed by atoms with Gasteiger partial charge >= 0.3 is 17.9 Å². The average molecular weight is 1120 g/mol. The summed E-state index contributed by atoms with van der Waals surface area (Å²) in [7, 11) is 0. The van der Waals surface area contributed by atoms with E-state index < -0.39 is 6.10 Å². The molecule has 0 amide bonds. The second-order valence-electron chi connectivity index (χ2n) is 21.3. The molecule has 456 valence electrons. The van der Waals surface area contributed by atoms with Gasteiger partial charge in [-0.3, -0.25) is 14.4 Å². The summed E-state index contributed by atoms with van der Waals surface area (Å²) in [4.78, 5) is 38.4. The van der Waals surface area contributed by atoms with Crippen LogP contribution in [0.2, 0.25) is 0 Å². The number of carbonyl (C=O) groups is 3. The van der Waals surface area contributed by atoms with E-state index >= 15 is 0 Å². The Morgan fingerprint density at radius 3 is 0.753 bits per heavy atom. The molecule has 1 atom stereocenters. The molecule has 6 nitrogen and oxygen atoms in total. The first-order valence-corrected chi connectivity index (χ1v) is 33.0. The van der Waals surface area contributed by atoms with Crippen molar-refractivity contribution >= 4 is 17.9 Å². The van der Waals surface area contributed by atoms with E-state index in [-0.39, 0.29) is 31.1 Å². The summed E-state index contributed by atoms with van der Waals surface area (Å²) in [6.45, 7) is 6.32. The van der Waals surface area contributed by atoms with Gasteiger partial charge in [-0.25, -0.2) is 0 Å². The number of hydrogen-bond donors (Lipinski definition) is 0. The average Bonchev–Trinajstić information content (AvgIpc) is 3.46. The van der Waals surface area contributed by atoms with Crippen LogP contribution in [0.5, 0.6) is 0 Å². The van der Waals surface area contributed by atoms with Crippen molar-refractivity contribution in [2.24, 2.45) is 0 Å². The minimum Gasteiger partial charge on any atom is -0.462 e. The van der Waals surface area contributed by atoms with Gasteiger partial charge in [0.05, 0.1) is 0 Å². The second kappa shape index (κ2) is 67.5. The molecule has 0 N–H and O–H groups in total. The van der Waals surface area contributed by atoms with Crippen LogP contribution >= 0.6 is 0 Å². The molecule has 0 aliphatic heterocycles. The first-order valence-electron chi connectivity index (χ1n) is 33.0. The Bertz CT molecular complexity index is 1810. The predicted molar refractivity (Wildman–Crippen MR) is 352 cm³/mol. The smallest absolute Gasteiger partial charge is 0.306 e. The Balaban J connectivity index is 4.38. The molecule has 0 fully saturated rings. The Labute approximate surface area is 499 Å². The molecule has 0 heterocycles. The molecule has 0 bridgehead atoms. The van der Waals surface area contributed by atoms with E-state index in [1.807, 2.05) is 0 Å². The third-order valence-corrected chi connectivity index (χ3v) is 13.5. The van der Waals surface area contributed by atoms with E-state index in [1.165, 1.54) is 64.2 Å². The van der Waals surface area contributed by atoms with Crippen molar-refractivity contribution in [1.82, 2.24) is 0 Å². The monoisotopic (exact) mass is 1120 g/mol. The highest BCUT2D eigenvalue weighted by atomic mass is 16.6. The van der Waals surface area contributed by atoms with Gasteiger partial charge in [0.2, 0.25) is 0 Å². The molecule has 6 heteroatoms. The van der Waals surface area contributed by atoms with Gasteiger partial charge in [0.15, 0.2) is 6.10 Å². The van der Waals surface area contributed by atoms with E-state index in [4.69, 9.17) is 14.2 Å². The maximum absolute atomic E-state index is 12.9. The topological polar surface area (TPSA) is 78.9 Å². The van der Waals surface area contributed by atoms with Crippen molar-refractivity contribution < 1.29 is 28.6 Å². The fraction of sp³-hybridized carbons (Fsp3) is 0.613. The number of unbranched alkanes of at least 4 members (excludes halogenated alkanes) is 21. The van der Waals surface area contributed by atoms with Crippen molar-refractivity contribution in [1.29, 1.82) is 0 Å². The fourth-order valence-corrected chi connectivity index (χ4v) is 8.63. The highest BCUT2D eigenvalue weighted by Gasteiger charge is 2.19. The molecule has 0 aromatic carbocycles. The SMILES string of the molecule is CC/C=C\C/C=C\C/C=C\C/C=C\C/C=C\C/C=C\C/C=C\CCCCCCCCCC(=O)OCC(COC(=O)CCCCCCC/C=C\C/C=C\CCC)OC(=O)CCCCCCCCCC/C=C\C/C=C\C/C=C\C/C=C\CC. The van der Waals surface area contributed by atoms with E-state index in [0.29, 0.717) is 19.3 Å². The van der Waals surface area contributed by atoms with Crippen LogP contribution in [0.4, 0.5) is 0 Å². The molecular weight excluding hydrogens is 997 g/mol. The summed E-state index contributed by atoms with van der Waals surface area (Å²) in [5.41, 5.74) is 0. The lowest BCUT2D eigenvalue weighted by Crippen LogP contribution is -2.30. The third kappa shape index (κ3) is 65.7. The standard InChI is InChI=1S/C75H120O6/c1-4-7-10-13-16-19-22-25-27-29-31-33-34-35-36-37-38-39-40-42-43-45-47-50-53-56-59-62-65-68-74(77)80-71-72(70-79-73(76)67-64-61-58-55-52-49-24-21-18-15-12-9-6-3)81-75(78)69-66-63-60-57-54-51-48-46-44-41-32-30-28-26-23-20-17-14-11-8-5-2/h7-8,10-12,15-17,19-21,24-28,31-33,35-36,38-39,41-43,72H,4-6,9,13-14,18,22-23,29-30,34,37,40,44-71H2,1-3H3/b10-7-,11-8-,15-12-,19-16-,20-17-,24-21-,27-25-,28-26-,33-31-,36-35-,39-38-,41-32-,43-42-. The maximum atomic E-state index is 12.9. The lowest BCUT2D eigenvalue weighted by molar-refractivity contribution is -0.167. The summed E-state index contributed by atoms with van der Waals surface area (Å²) in [5.74, 6) is -0.931. The number of esters is 3. The van der Waals surface area contributed by atoms with Crippen molar-refractivity contribution in [3.63, 3.8) is 0 Å². The lowest BCUT2D eigenvalue weighted by atomic mass is 10.1. The van der Waals surface area contributed by atoms with Crippen LogP contribution < -0.4 is 0 Å². The molecule has 0 saturated heterocycles. The van der Waals surface area contributed by atoms with Gasteiger partial charge in [-0.05, 0) is 141 Å². The number of allylic oxidation sites excluding steroid dienone is 26. The molecule has 81 heavy (non-hydrogen) atoms. The van der Waals surface area contributed by atoms with E-state index in [9.17, 15) is 14.4 Å². The van der Waals surface area contributed by atoms with Crippen molar-refractivity contribution in [3.05, 3.63) is 158 Å². The third-order valence-electron chi connectivity index (χ3n) is 13.5. The van der Waals surface area contributed by atoms with Gasteiger partial charge in [0, 0.05) is 19.3 Å². The van der Waals surface area contributed by atoms with Gasteiger partial charge < -0.3 is 14.2 Å². The summed E-state index contributed by atoms with van der Waals surface area (Å²) in [5, 5.41) is 0. The highest BCUT2D eigenvalue weighted by Crippen LogP contribution is 2.15. The van der Waals surface area contributed by atoms with Crippen LogP contribution in [-0.2, 0) is 28.6 Å². The van der Waals surface area contributed by atoms with Crippen LogP contribution in [0.1, 0.15) is 278 Å². The van der Waals surface area contributed by atoms with Crippen molar-refractivity contribution in [3.8, 4) is 0 Å². The number of hydrogen-bond acceptors (Lipinski definition) is 6. The zero-order valence-corrected chi connectivity index (χ0v) is 52.2. The lowest BCUT2D eigenvalue weighted by Gasteiger charge is -2.18. The van der Waals surface area contributed by atoms with E-state index in [2.05, 4.69) is 179 Å². The summed E-state index contributed by atoms with van der Waals surface area (Å²) >= 11 is 0. The number of carbonyl (C=O) groups excluding carboxylic acids is 3. The first kappa shape index (κ1) is 76.0. The molecule has 0 aliphatic carbocycles. The Morgan fingerprint density at radius 2 is 0.481 bits per heavy atom. The number of rotatable bonds is 58. The molecule has 0 radical (unpaired) electrons. The predicted octanol–water partition coefficient (Wildman–Crippen LogP) is 22.9. The Kier molecular flexibility index (Phi) is 63.4. The van der Waals surface area contributed by atoms with Gasteiger partial charge in [-0.1, -0.05) is 275 Å². The fourth-order valence-electron chi connectivity index (χ4n) is 8.63. The van der Waals surface area contributed by atoms with Crippen molar-refractivity contribution in [2.75, 3.05) is 13.2 Å². The van der Waals surface area contributed by atoms with Gasteiger partial charge in [0.25, 0.3) is 0 Å². The van der Waals surface area contributed by atoms with Crippen LogP contribution in [0.25, 0.3) is 0 Å². The minimum atomic E-state index is -0.802. The van der Waals surface area contributed by atoms with Crippen LogP contribution in [0, 0.1) is 0 Å². The van der Waals surface area contributed by atoms with Gasteiger partial charge in [-0.15, -0.1) is 0 Å². The van der Waals surface area contributed by atoms with E-state index in [1.54, 1.807) is 0 Å². The quantitative estimate of drug-likeness (QED) is 0.0261. The molecule has 0 aromatic heterocycles. The zero-order valence-electron chi connectivity index (χ0n) is 52.2. The van der Waals surface area contributed by atoms with Crippen molar-refractivity contribution in [2.45, 2.75) is 284 Å². The Morgan fingerprint density at radius 1 is 0.259 bits per heavy atom. The minimum absolute atomic E-state index is 0.0978. The van der Waals surface area contributed by atoms with Crippen LogP contribution in [0.15, 0.2) is 158 Å². The molecule has 0 spiro atoms. The summed E-state index contributed by atoms with van der Waals surface area (Å²) < 4.78 is 16.9. The Hall–Kier alpha value is -4.97. The van der Waals surface area contributed by atoms with Gasteiger partial charge in [-0.2, -0.15) is 0 Å². The molecular formula is C75H120O6. The molecule has 0 aromatic rings. The van der Waals surface area contributed by atoms with Crippen LogP contribution in [-0.4, -0.2) is 37.2 Å². The molecule has 0 aliphatic rings. The first-order chi connectivity index (χ1) is 40.0. The van der Waals surface area contributed by atoms with Crippen LogP contribution in [0.3, 0.4) is 0 Å². The van der Waals surface area contributed by atoms with Gasteiger partial charge in [0.1, 0.15) is 13.2 Å². The second-order valence-corrected chi connectivity index (χ2v) is 21.3. The van der Waals surface area contributed by atoms with E-state index in [0.717, 1.165) is 173 Å². The zero-order chi connectivity index (χ0) is 58.5. The number of ether oxygens (including phenoxy) is 3. The largest absolute Gasteiger partial charge is 0.462 e. The summed E-state index contributed by atoms with van der Waals surface area (Å²) in [6.07, 6.45) is 98.2. The molecule has 0 rings (SSSR count). The normalized spacial score (nSPS) is 13.2. The maximum Gasteiger partial charge on any atom is 0.306 e. The molecule has 1 unspecified atom stereocenters. The highest BCUT2D eigenvalue weighted by molar-refractivity contribution is 5.71. The molecule has 0 saturated carbocycles.